The van der Waals surface area contributed by atoms with Crippen molar-refractivity contribution < 1.29 is 0 Å². The summed E-state index contributed by atoms with van der Waals surface area (Å²) in [5, 5.41) is 0. The predicted octanol–water partition coefficient (Wildman–Crippen LogP) is 4.04. The van der Waals surface area contributed by atoms with Crippen molar-refractivity contribution in [3.05, 3.63) is 29.3 Å². The normalized spacial score (nSPS) is 26.7. The van der Waals surface area contributed by atoms with Crippen molar-refractivity contribution in [2.24, 2.45) is 11.7 Å². The molecule has 2 aliphatic rings. The van der Waals surface area contributed by atoms with E-state index in [4.69, 9.17) is 5.73 Å². The second-order valence-electron chi connectivity index (χ2n) is 7.08. The van der Waals surface area contributed by atoms with Crippen LogP contribution in [-0.2, 0) is 6.42 Å². The Morgan fingerprint density at radius 3 is 2.81 bits per heavy atom. The van der Waals surface area contributed by atoms with Crippen molar-refractivity contribution in [3.8, 4) is 0 Å². The van der Waals surface area contributed by atoms with Crippen molar-refractivity contribution in [2.45, 2.75) is 70.9 Å². The second kappa shape index (κ2) is 6.39. The van der Waals surface area contributed by atoms with Crippen LogP contribution >= 0.6 is 0 Å². The number of hydrogen-bond donors (Lipinski definition) is 1. The van der Waals surface area contributed by atoms with Crippen LogP contribution < -0.4 is 10.6 Å². The number of nitrogens with zero attached hydrogens (tertiary/aromatic N) is 1. The second-order valence-corrected chi connectivity index (χ2v) is 7.08. The van der Waals surface area contributed by atoms with Crippen molar-refractivity contribution in [3.63, 3.8) is 0 Å². The number of hydrogen-bond acceptors (Lipinski definition) is 2. The van der Waals surface area contributed by atoms with E-state index in [-0.39, 0.29) is 0 Å². The molecule has 1 heterocycles. The maximum Gasteiger partial charge on any atom is 0.0371 e. The summed E-state index contributed by atoms with van der Waals surface area (Å²) in [6.45, 7) is 5.67. The quantitative estimate of drug-likeness (QED) is 0.905. The summed E-state index contributed by atoms with van der Waals surface area (Å²) in [7, 11) is 0. The summed E-state index contributed by atoms with van der Waals surface area (Å²) in [5.41, 5.74) is 10.4. The molecule has 1 aromatic rings. The summed E-state index contributed by atoms with van der Waals surface area (Å²) >= 11 is 0. The fourth-order valence-corrected chi connectivity index (χ4v) is 4.24. The van der Waals surface area contributed by atoms with E-state index < -0.39 is 0 Å². The molecular formula is C19H30N2. The molecule has 0 radical (unpaired) electrons. The Morgan fingerprint density at radius 2 is 2.05 bits per heavy atom. The zero-order valence-electron chi connectivity index (χ0n) is 13.6. The molecule has 3 unspecified atom stereocenters. The molecular weight excluding hydrogens is 256 g/mol. The van der Waals surface area contributed by atoms with Crippen LogP contribution in [0, 0.1) is 12.8 Å². The molecule has 0 spiro atoms. The van der Waals surface area contributed by atoms with E-state index in [0.717, 1.165) is 24.8 Å². The molecule has 2 fully saturated rings. The Bertz CT molecular complexity index is 482. The van der Waals surface area contributed by atoms with E-state index in [9.17, 15) is 0 Å². The van der Waals surface area contributed by atoms with E-state index in [1.165, 1.54) is 55.5 Å². The molecule has 1 saturated carbocycles. The standard InChI is InChI=1S/C19H30N2/c1-3-17(20)13-16-8-9-18(12-14(16)2)21-11-10-15-6-4-5-7-19(15)21/h8-9,12,15,17,19H,3-7,10-11,13,20H2,1-2H3. The van der Waals surface area contributed by atoms with Crippen LogP contribution in [0.5, 0.6) is 0 Å². The molecule has 0 amide bonds. The molecule has 3 rings (SSSR count). The average molecular weight is 286 g/mol. The maximum absolute atomic E-state index is 6.11. The minimum absolute atomic E-state index is 0.295. The first kappa shape index (κ1) is 14.9. The van der Waals surface area contributed by atoms with Gasteiger partial charge in [0.2, 0.25) is 0 Å². The molecule has 2 heteroatoms. The Balaban J connectivity index is 1.75. The van der Waals surface area contributed by atoms with Crippen molar-refractivity contribution in [2.75, 3.05) is 11.4 Å². The van der Waals surface area contributed by atoms with Gasteiger partial charge in [0.1, 0.15) is 0 Å². The van der Waals surface area contributed by atoms with Crippen LogP contribution in [0.2, 0.25) is 0 Å². The first-order valence-corrected chi connectivity index (χ1v) is 8.80. The Labute approximate surface area is 129 Å². The Morgan fingerprint density at radius 1 is 1.24 bits per heavy atom. The lowest BCUT2D eigenvalue weighted by atomic mass is 9.85. The summed E-state index contributed by atoms with van der Waals surface area (Å²) in [6, 6.07) is 8.15. The van der Waals surface area contributed by atoms with Gasteiger partial charge in [-0.15, -0.1) is 0 Å². The van der Waals surface area contributed by atoms with Crippen LogP contribution in [-0.4, -0.2) is 18.6 Å². The van der Waals surface area contributed by atoms with Gasteiger partial charge in [-0.1, -0.05) is 25.8 Å². The van der Waals surface area contributed by atoms with Crippen LogP contribution in [0.3, 0.4) is 0 Å². The molecule has 1 aliphatic carbocycles. The van der Waals surface area contributed by atoms with Gasteiger partial charge < -0.3 is 10.6 Å². The summed E-state index contributed by atoms with van der Waals surface area (Å²) in [5.74, 6) is 0.951. The highest BCUT2D eigenvalue weighted by molar-refractivity contribution is 5.53. The van der Waals surface area contributed by atoms with Crippen LogP contribution in [0.1, 0.15) is 56.6 Å². The topological polar surface area (TPSA) is 29.3 Å². The minimum atomic E-state index is 0.295. The number of rotatable bonds is 4. The molecule has 2 N–H and O–H groups in total. The Hall–Kier alpha value is -1.02. The van der Waals surface area contributed by atoms with Crippen molar-refractivity contribution in [1.29, 1.82) is 0 Å². The van der Waals surface area contributed by atoms with Crippen LogP contribution in [0.15, 0.2) is 18.2 Å². The van der Waals surface area contributed by atoms with Crippen LogP contribution in [0.4, 0.5) is 5.69 Å². The molecule has 1 saturated heterocycles. The van der Waals surface area contributed by atoms with Gasteiger partial charge in [-0.3, -0.25) is 0 Å². The number of aryl methyl sites for hydroxylation is 1. The molecule has 1 aliphatic heterocycles. The zero-order valence-corrected chi connectivity index (χ0v) is 13.6. The lowest BCUT2D eigenvalue weighted by molar-refractivity contribution is 0.342. The van der Waals surface area contributed by atoms with Gasteiger partial charge in [-0.2, -0.15) is 0 Å². The molecule has 116 valence electrons. The summed E-state index contributed by atoms with van der Waals surface area (Å²) in [6.07, 6.45) is 9.16. The third kappa shape index (κ3) is 3.11. The monoisotopic (exact) mass is 286 g/mol. The first-order chi connectivity index (χ1) is 10.2. The molecule has 0 aromatic heterocycles. The number of nitrogens with two attached hydrogens (primary N) is 1. The number of benzene rings is 1. The molecule has 3 atom stereocenters. The van der Waals surface area contributed by atoms with Crippen molar-refractivity contribution >= 4 is 5.69 Å². The van der Waals surface area contributed by atoms with E-state index in [1.54, 1.807) is 0 Å². The zero-order chi connectivity index (χ0) is 14.8. The Kier molecular flexibility index (Phi) is 4.54. The van der Waals surface area contributed by atoms with E-state index in [2.05, 4.69) is 36.9 Å². The molecule has 2 nitrogen and oxygen atoms in total. The number of fused-ring (bicyclic) bond motifs is 1. The van der Waals surface area contributed by atoms with Gasteiger partial charge in [0.15, 0.2) is 0 Å². The number of anilines is 1. The smallest absolute Gasteiger partial charge is 0.0371 e. The highest BCUT2D eigenvalue weighted by Crippen LogP contribution is 2.39. The third-order valence-electron chi connectivity index (χ3n) is 5.67. The van der Waals surface area contributed by atoms with Gasteiger partial charge in [-0.25, -0.2) is 0 Å². The molecule has 21 heavy (non-hydrogen) atoms. The highest BCUT2D eigenvalue weighted by Gasteiger charge is 2.35. The van der Waals surface area contributed by atoms with Crippen LogP contribution in [0.25, 0.3) is 0 Å². The first-order valence-electron chi connectivity index (χ1n) is 8.80. The van der Waals surface area contributed by atoms with Gasteiger partial charge in [0, 0.05) is 24.3 Å². The van der Waals surface area contributed by atoms with E-state index in [1.807, 2.05) is 0 Å². The minimum Gasteiger partial charge on any atom is -0.368 e. The fourth-order valence-electron chi connectivity index (χ4n) is 4.24. The summed E-state index contributed by atoms with van der Waals surface area (Å²) in [4.78, 5) is 2.68. The maximum atomic E-state index is 6.11. The van der Waals surface area contributed by atoms with Crippen molar-refractivity contribution in [1.82, 2.24) is 0 Å². The van der Waals surface area contributed by atoms with Gasteiger partial charge in [0.05, 0.1) is 0 Å². The highest BCUT2D eigenvalue weighted by atomic mass is 15.2. The van der Waals surface area contributed by atoms with Gasteiger partial charge in [0.25, 0.3) is 0 Å². The lowest BCUT2D eigenvalue weighted by Crippen LogP contribution is -2.34. The third-order valence-corrected chi connectivity index (χ3v) is 5.67. The van der Waals surface area contributed by atoms with Gasteiger partial charge in [-0.05, 0) is 68.2 Å². The SMILES string of the molecule is CCC(N)Cc1ccc(N2CCC3CCCCC32)cc1C. The predicted molar refractivity (Wildman–Crippen MR) is 90.9 cm³/mol. The van der Waals surface area contributed by atoms with E-state index >= 15 is 0 Å². The lowest BCUT2D eigenvalue weighted by Gasteiger charge is -2.33. The van der Waals surface area contributed by atoms with Gasteiger partial charge >= 0.3 is 0 Å². The molecule has 1 aromatic carbocycles. The fraction of sp³-hybridized carbons (Fsp3) is 0.684. The largest absolute Gasteiger partial charge is 0.368 e. The average Bonchev–Trinajstić information content (AvgIpc) is 2.93. The van der Waals surface area contributed by atoms with E-state index in [0.29, 0.717) is 6.04 Å². The summed E-state index contributed by atoms with van der Waals surface area (Å²) < 4.78 is 0. The molecule has 0 bridgehead atoms.